The van der Waals surface area contributed by atoms with Gasteiger partial charge in [0.1, 0.15) is 17.4 Å². The molecular weight excluding hydrogens is 505 g/mol. The summed E-state index contributed by atoms with van der Waals surface area (Å²) in [6.07, 6.45) is -4.77. The first-order valence-corrected chi connectivity index (χ1v) is 12.5. The standard InChI is InChI=1S/C25H22F5NO4S/c26-18-5-1-16(2-6-18)24(17-3-7-19(27)8-4-17)23-15-20(13-14-34-23)31-36(32,33)22-11-9-21(10-12-22)35-25(28,29)30/h1-12,20,23-24,31H,13-15H2/t20-,23+/m1/s1. The summed E-state index contributed by atoms with van der Waals surface area (Å²) in [5.41, 5.74) is 1.44. The van der Waals surface area contributed by atoms with Gasteiger partial charge in [0.2, 0.25) is 10.0 Å². The second-order valence-electron chi connectivity index (χ2n) is 8.35. The lowest BCUT2D eigenvalue weighted by Crippen LogP contribution is -2.43. The average Bonchev–Trinajstić information content (AvgIpc) is 2.81. The van der Waals surface area contributed by atoms with Gasteiger partial charge in [-0.15, -0.1) is 13.2 Å². The van der Waals surface area contributed by atoms with Gasteiger partial charge in [-0.1, -0.05) is 24.3 Å². The van der Waals surface area contributed by atoms with E-state index in [4.69, 9.17) is 4.74 Å². The van der Waals surface area contributed by atoms with Gasteiger partial charge in [-0.2, -0.15) is 0 Å². The molecule has 0 saturated carbocycles. The Hall–Kier alpha value is -3.02. The van der Waals surface area contributed by atoms with E-state index in [2.05, 4.69) is 9.46 Å². The van der Waals surface area contributed by atoms with Crippen LogP contribution in [-0.4, -0.2) is 33.5 Å². The van der Waals surface area contributed by atoms with E-state index in [1.165, 1.54) is 24.3 Å². The Morgan fingerprint density at radius 2 is 1.39 bits per heavy atom. The Labute approximate surface area is 204 Å². The van der Waals surface area contributed by atoms with Gasteiger partial charge in [0.15, 0.2) is 0 Å². The Morgan fingerprint density at radius 1 is 0.861 bits per heavy atom. The van der Waals surface area contributed by atoms with E-state index in [1.54, 1.807) is 24.3 Å². The quantitative estimate of drug-likeness (QED) is 0.411. The maximum Gasteiger partial charge on any atom is 0.573 e. The van der Waals surface area contributed by atoms with Gasteiger partial charge in [0, 0.05) is 18.6 Å². The summed E-state index contributed by atoms with van der Waals surface area (Å²) < 4.78 is 102. The number of benzene rings is 3. The van der Waals surface area contributed by atoms with Crippen LogP contribution in [0, 0.1) is 11.6 Å². The largest absolute Gasteiger partial charge is 0.573 e. The van der Waals surface area contributed by atoms with Crippen LogP contribution in [0.4, 0.5) is 22.0 Å². The van der Waals surface area contributed by atoms with Crippen LogP contribution >= 0.6 is 0 Å². The fraction of sp³-hybridized carbons (Fsp3) is 0.280. The second-order valence-corrected chi connectivity index (χ2v) is 10.1. The van der Waals surface area contributed by atoms with Crippen LogP contribution in [0.1, 0.15) is 29.9 Å². The predicted octanol–water partition coefficient (Wildman–Crippen LogP) is 5.52. The number of alkyl halides is 3. The van der Waals surface area contributed by atoms with Gasteiger partial charge in [0.05, 0.1) is 11.0 Å². The molecule has 0 unspecified atom stereocenters. The SMILES string of the molecule is O=S(=O)(N[C@@H]1CCO[C@H](C(c2ccc(F)cc2)c2ccc(F)cc2)C1)c1ccc(OC(F)(F)F)cc1. The van der Waals surface area contributed by atoms with E-state index in [0.717, 1.165) is 35.4 Å². The predicted molar refractivity (Wildman–Crippen MR) is 121 cm³/mol. The Balaban J connectivity index is 1.53. The fourth-order valence-electron chi connectivity index (χ4n) is 4.24. The van der Waals surface area contributed by atoms with Gasteiger partial charge >= 0.3 is 6.36 Å². The number of nitrogens with one attached hydrogen (secondary N) is 1. The van der Waals surface area contributed by atoms with Crippen LogP contribution in [-0.2, 0) is 14.8 Å². The molecule has 1 aliphatic rings. The molecule has 11 heteroatoms. The molecule has 0 aromatic heterocycles. The van der Waals surface area contributed by atoms with Crippen LogP contribution in [0.25, 0.3) is 0 Å². The summed E-state index contributed by atoms with van der Waals surface area (Å²) in [6, 6.07) is 15.0. The normalized spacial score (nSPS) is 18.8. The van der Waals surface area contributed by atoms with Gasteiger partial charge in [-0.05, 0) is 72.5 Å². The molecule has 1 fully saturated rings. The number of hydrogen-bond donors (Lipinski definition) is 1. The molecule has 0 radical (unpaired) electrons. The first kappa shape index (κ1) is 26.1. The highest BCUT2D eigenvalue weighted by Gasteiger charge is 2.34. The molecule has 5 nitrogen and oxygen atoms in total. The third-order valence-corrected chi connectivity index (χ3v) is 7.37. The van der Waals surface area contributed by atoms with Gasteiger partial charge in [-0.25, -0.2) is 21.9 Å². The lowest BCUT2D eigenvalue weighted by Gasteiger charge is -2.35. The molecule has 0 aliphatic carbocycles. The molecule has 1 N–H and O–H groups in total. The summed E-state index contributed by atoms with van der Waals surface area (Å²) in [5.74, 6) is -1.79. The Morgan fingerprint density at radius 3 is 1.89 bits per heavy atom. The maximum absolute atomic E-state index is 13.5. The average molecular weight is 528 g/mol. The van der Waals surface area contributed by atoms with Crippen LogP contribution in [0.15, 0.2) is 77.7 Å². The maximum atomic E-state index is 13.5. The number of halogens is 5. The molecule has 192 valence electrons. The van der Waals surface area contributed by atoms with Crippen LogP contribution < -0.4 is 9.46 Å². The van der Waals surface area contributed by atoms with Crippen LogP contribution in [0.2, 0.25) is 0 Å². The summed E-state index contributed by atoms with van der Waals surface area (Å²) in [7, 11) is -4.05. The minimum absolute atomic E-state index is 0.214. The number of hydrogen-bond acceptors (Lipinski definition) is 4. The zero-order valence-corrected chi connectivity index (χ0v) is 19.5. The lowest BCUT2D eigenvalue weighted by atomic mass is 9.82. The molecule has 0 bridgehead atoms. The summed E-state index contributed by atoms with van der Waals surface area (Å²) in [4.78, 5) is -0.214. The van der Waals surface area contributed by atoms with Crippen molar-refractivity contribution >= 4 is 10.0 Å². The first-order chi connectivity index (χ1) is 17.0. The molecule has 1 aliphatic heterocycles. The minimum Gasteiger partial charge on any atom is -0.406 e. The van der Waals surface area contributed by atoms with E-state index in [1.807, 2.05) is 0 Å². The number of ether oxygens (including phenoxy) is 2. The van der Waals surface area contributed by atoms with Crippen molar-refractivity contribution in [1.29, 1.82) is 0 Å². The summed E-state index contributed by atoms with van der Waals surface area (Å²) >= 11 is 0. The van der Waals surface area contributed by atoms with Crippen molar-refractivity contribution in [2.45, 2.75) is 42.2 Å². The van der Waals surface area contributed by atoms with Crippen LogP contribution in [0.3, 0.4) is 0 Å². The first-order valence-electron chi connectivity index (χ1n) is 11.0. The van der Waals surface area contributed by atoms with E-state index in [0.29, 0.717) is 6.42 Å². The second kappa shape index (κ2) is 10.5. The van der Waals surface area contributed by atoms with Crippen molar-refractivity contribution in [3.05, 3.63) is 95.6 Å². The highest BCUT2D eigenvalue weighted by atomic mass is 32.2. The Kier molecular flexibility index (Phi) is 7.62. The van der Waals surface area contributed by atoms with Gasteiger partial charge < -0.3 is 9.47 Å². The van der Waals surface area contributed by atoms with E-state index in [-0.39, 0.29) is 17.9 Å². The van der Waals surface area contributed by atoms with Crippen molar-refractivity contribution in [3.63, 3.8) is 0 Å². The molecule has 1 heterocycles. The summed E-state index contributed by atoms with van der Waals surface area (Å²) in [5, 5.41) is 0. The summed E-state index contributed by atoms with van der Waals surface area (Å²) in [6.45, 7) is 0.231. The molecule has 3 aromatic carbocycles. The minimum atomic E-state index is -4.89. The molecule has 4 rings (SSSR count). The molecule has 36 heavy (non-hydrogen) atoms. The zero-order chi connectivity index (χ0) is 25.9. The monoisotopic (exact) mass is 527 g/mol. The zero-order valence-electron chi connectivity index (χ0n) is 18.7. The molecule has 3 aromatic rings. The van der Waals surface area contributed by atoms with Gasteiger partial charge in [-0.3, -0.25) is 0 Å². The third kappa shape index (κ3) is 6.59. The van der Waals surface area contributed by atoms with E-state index >= 15 is 0 Å². The molecule has 2 atom stereocenters. The van der Waals surface area contributed by atoms with E-state index < -0.39 is 51.8 Å². The third-order valence-electron chi connectivity index (χ3n) is 5.83. The van der Waals surface area contributed by atoms with E-state index in [9.17, 15) is 30.4 Å². The number of sulfonamides is 1. The van der Waals surface area contributed by atoms with Crippen molar-refractivity contribution in [3.8, 4) is 5.75 Å². The highest BCUT2D eigenvalue weighted by molar-refractivity contribution is 7.89. The lowest BCUT2D eigenvalue weighted by molar-refractivity contribution is -0.274. The molecule has 0 spiro atoms. The molecular formula is C25H22F5NO4S. The number of rotatable bonds is 7. The topological polar surface area (TPSA) is 64.6 Å². The van der Waals surface area contributed by atoms with Crippen molar-refractivity contribution in [2.24, 2.45) is 0 Å². The molecule has 1 saturated heterocycles. The Bertz CT molecular complexity index is 1220. The van der Waals surface area contributed by atoms with Gasteiger partial charge in [0.25, 0.3) is 0 Å². The highest BCUT2D eigenvalue weighted by Crippen LogP contribution is 2.35. The van der Waals surface area contributed by atoms with Crippen molar-refractivity contribution in [2.75, 3.05) is 6.61 Å². The smallest absolute Gasteiger partial charge is 0.406 e. The van der Waals surface area contributed by atoms with Crippen molar-refractivity contribution in [1.82, 2.24) is 4.72 Å². The molecule has 0 amide bonds. The van der Waals surface area contributed by atoms with Crippen LogP contribution in [0.5, 0.6) is 5.75 Å². The van der Waals surface area contributed by atoms with Crippen molar-refractivity contribution < 1.29 is 39.8 Å². The fourth-order valence-corrected chi connectivity index (χ4v) is 5.52.